The minimum Gasteiger partial charge on any atom is -0.462 e. The second-order valence-electron chi connectivity index (χ2n) is 15.9. The number of carbonyl (C=O) groups excluding carboxylic acids is 2. The third kappa shape index (κ3) is 30.7. The molecule has 360 valence electrons. The van der Waals surface area contributed by atoms with Crippen LogP contribution in [0.1, 0.15) is 155 Å². The Morgan fingerprint density at radius 1 is 0.492 bits per heavy atom. The summed E-state index contributed by atoms with van der Waals surface area (Å²) in [6.07, 6.45) is 36.4. The van der Waals surface area contributed by atoms with E-state index >= 15 is 0 Å². The van der Waals surface area contributed by atoms with Gasteiger partial charge in [0.1, 0.15) is 43.2 Å². The molecule has 1 rings (SSSR count). The lowest BCUT2D eigenvalue weighted by molar-refractivity contribution is -0.220. The van der Waals surface area contributed by atoms with Crippen molar-refractivity contribution in [3.8, 4) is 0 Å². The van der Waals surface area contributed by atoms with Crippen LogP contribution in [-0.4, -0.2) is 98.3 Å². The fourth-order valence-electron chi connectivity index (χ4n) is 6.41. The lowest BCUT2D eigenvalue weighted by atomic mass is 9.85. The summed E-state index contributed by atoms with van der Waals surface area (Å²) in [6, 6.07) is 0. The van der Waals surface area contributed by atoms with E-state index in [9.17, 15) is 44.6 Å². The second kappa shape index (κ2) is 38.3. The van der Waals surface area contributed by atoms with Crippen LogP contribution >= 0.6 is 7.82 Å². The minimum absolute atomic E-state index is 0.0131. The molecule has 1 aliphatic carbocycles. The van der Waals surface area contributed by atoms with Crippen LogP contribution in [0.15, 0.2) is 85.1 Å². The SMILES string of the molecule is CCC/C=C/C/C=C/C/C=C/C/C=C/CCCCCC(=O)OC[C@@H](COP(=O)(O)OC1C(O)C(O)C(O)[C@H](O)C1O)OC(=O)CCC/C=C/C/C=C/C/C=C/CCCCCCCC. The summed E-state index contributed by atoms with van der Waals surface area (Å²) in [7, 11) is -5.15. The summed E-state index contributed by atoms with van der Waals surface area (Å²) in [5.41, 5.74) is 0. The van der Waals surface area contributed by atoms with Gasteiger partial charge in [-0.1, -0.05) is 144 Å². The number of aliphatic hydroxyl groups excluding tert-OH is 5. The van der Waals surface area contributed by atoms with E-state index in [1.54, 1.807) is 0 Å². The molecular weight excluding hydrogens is 827 g/mol. The third-order valence-electron chi connectivity index (χ3n) is 10.2. The van der Waals surface area contributed by atoms with Crippen molar-refractivity contribution in [1.29, 1.82) is 0 Å². The molecule has 0 bridgehead atoms. The Labute approximate surface area is 378 Å². The van der Waals surface area contributed by atoms with Crippen molar-refractivity contribution in [3.63, 3.8) is 0 Å². The van der Waals surface area contributed by atoms with Gasteiger partial charge in [-0.2, -0.15) is 0 Å². The maximum absolute atomic E-state index is 12.8. The van der Waals surface area contributed by atoms with Crippen LogP contribution in [0, 0.1) is 0 Å². The predicted molar refractivity (Wildman–Crippen MR) is 248 cm³/mol. The van der Waals surface area contributed by atoms with Gasteiger partial charge in [-0.25, -0.2) is 4.57 Å². The number of ether oxygens (including phenoxy) is 2. The van der Waals surface area contributed by atoms with Crippen LogP contribution in [-0.2, 0) is 32.7 Å². The first kappa shape index (κ1) is 58.0. The molecule has 6 N–H and O–H groups in total. The normalized spacial score (nSPS) is 22.5. The van der Waals surface area contributed by atoms with Crippen LogP contribution in [0.25, 0.3) is 0 Å². The number of rotatable bonds is 37. The zero-order chi connectivity index (χ0) is 46.4. The van der Waals surface area contributed by atoms with Crippen LogP contribution < -0.4 is 0 Å². The molecule has 1 fully saturated rings. The van der Waals surface area contributed by atoms with Crippen molar-refractivity contribution >= 4 is 19.8 Å². The monoisotopic (exact) mass is 909 g/mol. The number of hydrogen-bond donors (Lipinski definition) is 6. The number of hydrogen-bond acceptors (Lipinski definition) is 12. The van der Waals surface area contributed by atoms with E-state index in [1.807, 2.05) is 12.2 Å². The molecule has 63 heavy (non-hydrogen) atoms. The van der Waals surface area contributed by atoms with Crippen LogP contribution in [0.4, 0.5) is 0 Å². The quantitative estimate of drug-likeness (QED) is 0.0149. The van der Waals surface area contributed by atoms with E-state index in [-0.39, 0.29) is 12.8 Å². The van der Waals surface area contributed by atoms with Gasteiger partial charge in [-0.3, -0.25) is 18.6 Å². The van der Waals surface area contributed by atoms with E-state index in [2.05, 4.69) is 86.8 Å². The first-order valence-electron chi connectivity index (χ1n) is 23.4. The van der Waals surface area contributed by atoms with Gasteiger partial charge >= 0.3 is 19.8 Å². The maximum Gasteiger partial charge on any atom is 0.472 e. The van der Waals surface area contributed by atoms with Gasteiger partial charge in [-0.05, 0) is 83.5 Å². The molecule has 1 aliphatic rings. The standard InChI is InChI=1S/C49H81O13P/c1-3-5-7-9-11-13-15-17-19-21-23-25-27-29-31-33-35-37-42(50)59-39-41(40-60-63(57,58)62-49-47(55)45(53)44(52)46(54)48(49)56)61-43(51)38-36-34-32-30-28-26-24-22-20-18-16-14-12-10-8-6-4-2/h7,9,13,15,18-21,24-27,30,32,41,44-49,52-56H,3-6,8,10-12,14,16-17,22-23,28-29,31,33-40H2,1-2H3,(H,57,58)/b9-7+,15-13+,20-18+,21-19+,26-24+,27-25+,32-30+/t41-,44?,45-,46?,47?,48?,49?/m0/s1. The molecule has 0 aromatic carbocycles. The highest BCUT2D eigenvalue weighted by Gasteiger charge is 2.51. The lowest BCUT2D eigenvalue weighted by Gasteiger charge is -2.41. The van der Waals surface area contributed by atoms with Crippen LogP contribution in [0.3, 0.4) is 0 Å². The molecule has 1 saturated carbocycles. The van der Waals surface area contributed by atoms with Gasteiger partial charge in [0, 0.05) is 12.8 Å². The maximum atomic E-state index is 12.8. The summed E-state index contributed by atoms with van der Waals surface area (Å²) in [5, 5.41) is 50.2. The highest BCUT2D eigenvalue weighted by molar-refractivity contribution is 7.47. The largest absolute Gasteiger partial charge is 0.472 e. The molecule has 0 radical (unpaired) electrons. The van der Waals surface area contributed by atoms with Crippen molar-refractivity contribution in [1.82, 2.24) is 0 Å². The average molecular weight is 909 g/mol. The van der Waals surface area contributed by atoms with Gasteiger partial charge < -0.3 is 39.9 Å². The zero-order valence-electron chi connectivity index (χ0n) is 38.1. The first-order chi connectivity index (χ1) is 30.4. The molecule has 8 atom stereocenters. The summed E-state index contributed by atoms with van der Waals surface area (Å²) in [5.74, 6) is -1.21. The Balaban J connectivity index is 2.53. The van der Waals surface area contributed by atoms with Crippen molar-refractivity contribution in [3.05, 3.63) is 85.1 Å². The van der Waals surface area contributed by atoms with E-state index in [0.717, 1.165) is 64.2 Å². The molecule has 13 nitrogen and oxygen atoms in total. The Bertz CT molecular complexity index is 1420. The van der Waals surface area contributed by atoms with Crippen molar-refractivity contribution < 1.29 is 63.1 Å². The number of aliphatic hydroxyl groups is 5. The topological polar surface area (TPSA) is 210 Å². The average Bonchev–Trinajstić information content (AvgIpc) is 3.26. The molecule has 0 aromatic heterocycles. The fraction of sp³-hybridized carbons (Fsp3) is 0.673. The van der Waals surface area contributed by atoms with E-state index in [1.165, 1.54) is 44.9 Å². The Morgan fingerprint density at radius 2 is 0.905 bits per heavy atom. The van der Waals surface area contributed by atoms with Crippen LogP contribution in [0.5, 0.6) is 0 Å². The summed E-state index contributed by atoms with van der Waals surface area (Å²) >= 11 is 0. The van der Waals surface area contributed by atoms with Crippen LogP contribution in [0.2, 0.25) is 0 Å². The smallest absolute Gasteiger partial charge is 0.462 e. The molecule has 0 saturated heterocycles. The number of unbranched alkanes of at least 4 members (excludes halogenated alkanes) is 11. The molecule has 6 unspecified atom stereocenters. The molecular formula is C49H81O13P. The number of allylic oxidation sites excluding steroid dienone is 14. The fourth-order valence-corrected chi connectivity index (χ4v) is 7.38. The minimum atomic E-state index is -5.15. The van der Waals surface area contributed by atoms with Gasteiger partial charge in [0.2, 0.25) is 0 Å². The molecule has 0 aliphatic heterocycles. The van der Waals surface area contributed by atoms with Crippen molar-refractivity contribution in [2.45, 2.75) is 198 Å². The first-order valence-corrected chi connectivity index (χ1v) is 24.9. The zero-order valence-corrected chi connectivity index (χ0v) is 39.0. The van der Waals surface area contributed by atoms with E-state index in [0.29, 0.717) is 19.3 Å². The summed E-state index contributed by atoms with van der Waals surface area (Å²) in [6.45, 7) is 3.14. The highest BCUT2D eigenvalue weighted by atomic mass is 31.2. The third-order valence-corrected chi connectivity index (χ3v) is 11.2. The summed E-state index contributed by atoms with van der Waals surface area (Å²) in [4.78, 5) is 35.7. The Kier molecular flexibility index (Phi) is 35.3. The van der Waals surface area contributed by atoms with E-state index < -0.39 is 75.7 Å². The molecule has 0 amide bonds. The molecule has 0 spiro atoms. The van der Waals surface area contributed by atoms with Crippen molar-refractivity contribution in [2.75, 3.05) is 13.2 Å². The van der Waals surface area contributed by atoms with Gasteiger partial charge in [-0.15, -0.1) is 0 Å². The van der Waals surface area contributed by atoms with Crippen molar-refractivity contribution in [2.24, 2.45) is 0 Å². The van der Waals surface area contributed by atoms with E-state index in [4.69, 9.17) is 18.5 Å². The molecule has 0 heterocycles. The van der Waals surface area contributed by atoms with Gasteiger partial charge in [0.25, 0.3) is 0 Å². The highest BCUT2D eigenvalue weighted by Crippen LogP contribution is 2.47. The summed E-state index contributed by atoms with van der Waals surface area (Å²) < 4.78 is 33.4. The number of esters is 2. The molecule has 14 heteroatoms. The van der Waals surface area contributed by atoms with Gasteiger partial charge in [0.05, 0.1) is 6.61 Å². The Hall–Kier alpha value is -2.97. The molecule has 0 aromatic rings. The number of phosphoric ester groups is 1. The lowest BCUT2D eigenvalue weighted by Crippen LogP contribution is -2.64. The number of phosphoric acid groups is 1. The Morgan fingerprint density at radius 3 is 1.41 bits per heavy atom. The number of carbonyl (C=O) groups is 2. The predicted octanol–water partition coefficient (Wildman–Crippen LogP) is 9.28. The van der Waals surface area contributed by atoms with Gasteiger partial charge in [0.15, 0.2) is 6.10 Å². The second-order valence-corrected chi connectivity index (χ2v) is 17.3.